The fourth-order valence-electron chi connectivity index (χ4n) is 1.26. The molecule has 0 aromatic heterocycles. The lowest BCUT2D eigenvalue weighted by Gasteiger charge is -2.26. The molecule has 0 rings (SSSR count). The number of likely N-dealkylation sites (N-methyl/N-ethyl adjacent to an activating group) is 1. The third-order valence-electron chi connectivity index (χ3n) is 2.54. The van der Waals surface area contributed by atoms with Gasteiger partial charge < -0.3 is 16.4 Å². The van der Waals surface area contributed by atoms with Crippen LogP contribution in [0.4, 0.5) is 0 Å². The zero-order valence-electron chi connectivity index (χ0n) is 9.87. The average Bonchev–Trinajstić information content (AvgIpc) is 2.14. The highest BCUT2D eigenvalue weighted by molar-refractivity contribution is 4.63. The number of rotatable bonds is 8. The number of nitrogens with two attached hydrogens (primary N) is 2. The van der Waals surface area contributed by atoms with Crippen molar-refractivity contribution in [3.8, 4) is 0 Å². The van der Waals surface area contributed by atoms with Gasteiger partial charge in [-0.15, -0.1) is 0 Å². The Labute approximate surface area is 88.2 Å². The van der Waals surface area contributed by atoms with Crippen molar-refractivity contribution in [1.29, 1.82) is 0 Å². The van der Waals surface area contributed by atoms with Gasteiger partial charge in [0.1, 0.15) is 0 Å². The quantitative estimate of drug-likeness (QED) is 0.559. The summed E-state index contributed by atoms with van der Waals surface area (Å²) in [5.41, 5.74) is 11.1. The van der Waals surface area contributed by atoms with Crippen LogP contribution in [-0.4, -0.2) is 62.2 Å². The molecule has 0 fully saturated rings. The molecule has 0 aliphatic carbocycles. The van der Waals surface area contributed by atoms with E-state index in [9.17, 15) is 0 Å². The van der Waals surface area contributed by atoms with Gasteiger partial charge in [-0.1, -0.05) is 0 Å². The van der Waals surface area contributed by atoms with Gasteiger partial charge in [0.2, 0.25) is 0 Å². The summed E-state index contributed by atoms with van der Waals surface area (Å²) in [6, 6.07) is 0.604. The Morgan fingerprint density at radius 3 is 1.79 bits per heavy atom. The number of nitrogens with zero attached hydrogens (tertiary/aromatic N) is 2. The van der Waals surface area contributed by atoms with Gasteiger partial charge in [0.25, 0.3) is 0 Å². The number of hydrogen-bond acceptors (Lipinski definition) is 4. The van der Waals surface area contributed by atoms with Crippen LogP contribution in [0.15, 0.2) is 0 Å². The molecule has 4 nitrogen and oxygen atoms in total. The largest absolute Gasteiger partial charge is 0.329 e. The molecule has 0 bridgehead atoms. The first-order chi connectivity index (χ1) is 6.61. The van der Waals surface area contributed by atoms with E-state index < -0.39 is 0 Å². The number of hydrogen-bond donors (Lipinski definition) is 2. The Balaban J connectivity index is 3.68. The van der Waals surface area contributed by atoms with E-state index in [1.807, 2.05) is 0 Å². The lowest BCUT2D eigenvalue weighted by Crippen LogP contribution is -2.40. The van der Waals surface area contributed by atoms with Crippen LogP contribution in [0.25, 0.3) is 0 Å². The molecule has 0 aliphatic heterocycles. The molecule has 0 aliphatic rings. The first-order valence-corrected chi connectivity index (χ1v) is 5.44. The summed E-state index contributed by atoms with van der Waals surface area (Å²) in [5.74, 6) is 0. The molecule has 4 N–H and O–H groups in total. The molecule has 0 heterocycles. The van der Waals surface area contributed by atoms with E-state index in [2.05, 4.69) is 30.7 Å². The molecule has 86 valence electrons. The van der Waals surface area contributed by atoms with Gasteiger partial charge in [-0.25, -0.2) is 0 Å². The smallest absolute Gasteiger partial charge is 0.0110 e. The molecule has 0 unspecified atom stereocenters. The van der Waals surface area contributed by atoms with Crippen LogP contribution in [0.3, 0.4) is 0 Å². The second-order valence-corrected chi connectivity index (χ2v) is 3.99. The highest BCUT2D eigenvalue weighted by Crippen LogP contribution is 1.94. The van der Waals surface area contributed by atoms with Crippen molar-refractivity contribution in [3.63, 3.8) is 0 Å². The van der Waals surface area contributed by atoms with Crippen molar-refractivity contribution < 1.29 is 0 Å². The highest BCUT2D eigenvalue weighted by Gasteiger charge is 2.06. The fraction of sp³-hybridized carbons (Fsp3) is 1.00. The third kappa shape index (κ3) is 6.32. The summed E-state index contributed by atoms with van der Waals surface area (Å²) < 4.78 is 0. The molecule has 0 radical (unpaired) electrons. The zero-order chi connectivity index (χ0) is 11.0. The SMILES string of the molecule is CC(C)N(C)CCN(CCN)CCN. The van der Waals surface area contributed by atoms with E-state index >= 15 is 0 Å². The minimum atomic E-state index is 0.604. The first kappa shape index (κ1) is 13.8. The minimum absolute atomic E-state index is 0.604. The normalized spacial score (nSPS) is 12.0. The van der Waals surface area contributed by atoms with Gasteiger partial charge in [0, 0.05) is 45.3 Å². The van der Waals surface area contributed by atoms with E-state index in [1.165, 1.54) is 0 Å². The zero-order valence-corrected chi connectivity index (χ0v) is 9.87. The van der Waals surface area contributed by atoms with Crippen LogP contribution in [0.2, 0.25) is 0 Å². The van der Waals surface area contributed by atoms with E-state index in [1.54, 1.807) is 0 Å². The van der Waals surface area contributed by atoms with Crippen molar-refractivity contribution in [2.75, 3.05) is 46.3 Å². The monoisotopic (exact) mass is 202 g/mol. The molecule has 0 atom stereocenters. The average molecular weight is 202 g/mol. The minimum Gasteiger partial charge on any atom is -0.329 e. The molecular weight excluding hydrogens is 176 g/mol. The van der Waals surface area contributed by atoms with Crippen LogP contribution in [0, 0.1) is 0 Å². The Morgan fingerprint density at radius 2 is 1.43 bits per heavy atom. The van der Waals surface area contributed by atoms with Crippen LogP contribution >= 0.6 is 0 Å². The molecule has 0 aromatic rings. The Kier molecular flexibility index (Phi) is 8.08. The summed E-state index contributed by atoms with van der Waals surface area (Å²) >= 11 is 0. The van der Waals surface area contributed by atoms with Crippen molar-refractivity contribution >= 4 is 0 Å². The summed E-state index contributed by atoms with van der Waals surface area (Å²) in [6.45, 7) is 9.87. The van der Waals surface area contributed by atoms with Crippen molar-refractivity contribution in [1.82, 2.24) is 9.80 Å². The van der Waals surface area contributed by atoms with E-state index in [0.717, 1.165) is 26.2 Å². The van der Waals surface area contributed by atoms with Gasteiger partial charge in [-0.3, -0.25) is 4.90 Å². The molecule has 4 heteroatoms. The topological polar surface area (TPSA) is 58.5 Å². The maximum Gasteiger partial charge on any atom is 0.0110 e. The molecule has 0 saturated carbocycles. The third-order valence-corrected chi connectivity index (χ3v) is 2.54. The van der Waals surface area contributed by atoms with Crippen molar-refractivity contribution in [2.45, 2.75) is 19.9 Å². The second kappa shape index (κ2) is 8.17. The molecule has 0 aromatic carbocycles. The first-order valence-electron chi connectivity index (χ1n) is 5.44. The summed E-state index contributed by atoms with van der Waals surface area (Å²) in [5, 5.41) is 0. The van der Waals surface area contributed by atoms with E-state index in [0.29, 0.717) is 19.1 Å². The summed E-state index contributed by atoms with van der Waals surface area (Å²) in [7, 11) is 2.15. The predicted octanol–water partition coefficient (Wildman–Crippen LogP) is -0.454. The fourth-order valence-corrected chi connectivity index (χ4v) is 1.26. The molecule has 0 spiro atoms. The molecule has 0 saturated heterocycles. The van der Waals surface area contributed by atoms with Gasteiger partial charge >= 0.3 is 0 Å². The van der Waals surface area contributed by atoms with Gasteiger partial charge in [0.15, 0.2) is 0 Å². The molecule has 14 heavy (non-hydrogen) atoms. The summed E-state index contributed by atoms with van der Waals surface area (Å²) in [4.78, 5) is 4.65. The maximum atomic E-state index is 5.53. The lowest BCUT2D eigenvalue weighted by atomic mass is 10.3. The van der Waals surface area contributed by atoms with Crippen molar-refractivity contribution in [2.24, 2.45) is 11.5 Å². The van der Waals surface area contributed by atoms with Gasteiger partial charge in [-0.2, -0.15) is 0 Å². The second-order valence-electron chi connectivity index (χ2n) is 3.99. The van der Waals surface area contributed by atoms with Gasteiger partial charge in [0.05, 0.1) is 0 Å². The standard InChI is InChI=1S/C10H26N4/c1-10(2)13(3)8-9-14(6-4-11)7-5-12/h10H,4-9,11-12H2,1-3H3. The van der Waals surface area contributed by atoms with E-state index in [4.69, 9.17) is 11.5 Å². The predicted molar refractivity (Wildman–Crippen MR) is 62.3 cm³/mol. The van der Waals surface area contributed by atoms with E-state index in [-0.39, 0.29) is 0 Å². The Morgan fingerprint density at radius 1 is 0.929 bits per heavy atom. The molecular formula is C10H26N4. The van der Waals surface area contributed by atoms with Crippen LogP contribution in [0.1, 0.15) is 13.8 Å². The van der Waals surface area contributed by atoms with Crippen molar-refractivity contribution in [3.05, 3.63) is 0 Å². The highest BCUT2D eigenvalue weighted by atomic mass is 15.2. The van der Waals surface area contributed by atoms with Crippen LogP contribution < -0.4 is 11.5 Å². The maximum absolute atomic E-state index is 5.53. The van der Waals surface area contributed by atoms with Crippen LogP contribution in [0.5, 0.6) is 0 Å². The lowest BCUT2D eigenvalue weighted by molar-refractivity contribution is 0.208. The Hall–Kier alpha value is -0.160. The Bertz CT molecular complexity index is 121. The molecule has 0 amide bonds. The van der Waals surface area contributed by atoms with Gasteiger partial charge in [-0.05, 0) is 20.9 Å². The summed E-state index contributed by atoms with van der Waals surface area (Å²) in [6.07, 6.45) is 0. The van der Waals surface area contributed by atoms with Crippen LogP contribution in [-0.2, 0) is 0 Å².